The molecule has 0 amide bonds. The maximum Gasteiger partial charge on any atom is 3.00 e. The van der Waals surface area contributed by atoms with Gasteiger partial charge in [0.2, 0.25) is 0 Å². The topological polar surface area (TPSA) is 111 Å². The normalized spacial score (nSPS) is 21.5. The Hall–Kier alpha value is -3.60. The zero-order valence-corrected chi connectivity index (χ0v) is 28.8. The van der Waals surface area contributed by atoms with E-state index in [-0.39, 0.29) is 43.1 Å². The fourth-order valence-corrected chi connectivity index (χ4v) is 4.56. The molecule has 1 N–H and O–H groups in total. The maximum atomic E-state index is 11.8. The van der Waals surface area contributed by atoms with Gasteiger partial charge in [0.15, 0.2) is 0 Å². The predicted octanol–water partition coefficient (Wildman–Crippen LogP) is 8.20. The smallest absolute Gasteiger partial charge is 0.872 e. The van der Waals surface area contributed by atoms with E-state index in [1.807, 2.05) is 29.9 Å². The summed E-state index contributed by atoms with van der Waals surface area (Å²) < 4.78 is 61.1. The van der Waals surface area contributed by atoms with Crippen LogP contribution in [-0.2, 0) is 26.5 Å². The van der Waals surface area contributed by atoms with Gasteiger partial charge >= 0.3 is 52.5 Å². The number of hydrogen-bond donors (Lipinski definition) is 1. The maximum absolute atomic E-state index is 11.8. The fraction of sp³-hybridized carbons (Fsp3) is 0.303. The van der Waals surface area contributed by atoms with Crippen molar-refractivity contribution in [2.75, 3.05) is 0 Å². The van der Waals surface area contributed by atoms with E-state index in [1.54, 1.807) is 61.4 Å². The van der Waals surface area contributed by atoms with Crippen LogP contribution in [0.3, 0.4) is 0 Å². The second kappa shape index (κ2) is 17.2. The van der Waals surface area contributed by atoms with E-state index in [0.29, 0.717) is 23.2 Å². The van der Waals surface area contributed by atoms with Crippen molar-refractivity contribution in [1.82, 2.24) is 14.9 Å². The summed E-state index contributed by atoms with van der Waals surface area (Å²) in [5.41, 5.74) is 2.63. The van der Waals surface area contributed by atoms with Gasteiger partial charge in [-0.1, -0.05) is 91.7 Å². The molecule has 261 valence electrons. The molecule has 3 aromatic carbocycles. The van der Waals surface area contributed by atoms with E-state index in [4.69, 9.17) is 0 Å². The predicted molar refractivity (Wildman–Crippen MR) is 172 cm³/mol. The fourth-order valence-electron chi connectivity index (χ4n) is 4.56. The second-order valence-corrected chi connectivity index (χ2v) is 13.0. The molecular formula is C33H37F6N5O2PRu. The van der Waals surface area contributed by atoms with Gasteiger partial charge in [-0.3, -0.25) is 9.98 Å². The van der Waals surface area contributed by atoms with Gasteiger partial charge in [0, 0.05) is 44.0 Å². The SMILES string of the molecule is C[C@@H]1N[C@H]1c1ccccc1.Cn1ccnc1.F[P-](F)(F)(F)(F)F.[O-]c1ccccc1C=NC1CCCCC1N=Cc1ccccc1[O-].[Ru+3]. The Kier molecular flexibility index (Phi) is 14.5. The van der Waals surface area contributed by atoms with Crippen LogP contribution in [0.1, 0.15) is 55.3 Å². The minimum Gasteiger partial charge on any atom is -0.872 e. The Labute approximate surface area is 288 Å². The van der Waals surface area contributed by atoms with E-state index in [2.05, 4.69) is 57.5 Å². The van der Waals surface area contributed by atoms with Crippen LogP contribution in [0.2, 0.25) is 0 Å². The minimum absolute atomic E-state index is 0. The summed E-state index contributed by atoms with van der Waals surface area (Å²) in [6, 6.07) is 25.8. The van der Waals surface area contributed by atoms with Crippen molar-refractivity contribution < 1.29 is 54.9 Å². The van der Waals surface area contributed by atoms with Crippen LogP contribution in [0.4, 0.5) is 25.2 Å². The molecule has 4 atom stereocenters. The van der Waals surface area contributed by atoms with Crippen molar-refractivity contribution in [3.05, 3.63) is 114 Å². The number of aryl methyl sites for hydroxylation is 1. The Morgan fingerprint density at radius 1 is 0.771 bits per heavy atom. The largest absolute Gasteiger partial charge is 3.00 e. The third kappa shape index (κ3) is 17.5. The molecule has 2 unspecified atom stereocenters. The van der Waals surface area contributed by atoms with Gasteiger partial charge < -0.3 is 20.1 Å². The van der Waals surface area contributed by atoms with Crippen LogP contribution in [0.5, 0.6) is 11.5 Å². The minimum atomic E-state index is -10.7. The molecule has 1 aliphatic heterocycles. The number of aliphatic imine (C=N–C) groups is 2. The quantitative estimate of drug-likeness (QED) is 0.0724. The van der Waals surface area contributed by atoms with Crippen LogP contribution >= 0.6 is 7.81 Å². The van der Waals surface area contributed by atoms with Crippen LogP contribution < -0.4 is 15.5 Å². The second-order valence-electron chi connectivity index (χ2n) is 11.1. The number of hydrogen-bond acceptors (Lipinski definition) is 6. The molecule has 48 heavy (non-hydrogen) atoms. The standard InChI is InChI=1S/C20H22N2O2.C9H11N.C4H6N2.F6P.Ru/c23-19-11-5-1-7-15(19)13-21-17-9-3-4-10-18(17)22-14-16-8-2-6-12-20(16)24;1-7-9(10-7)8-5-3-2-4-6-8;1-6-3-2-5-4-6;1-7(2,3,4,5)6;/h1-2,5-8,11-14,17-18,23-24H,3-4,9-10H2;2-7,9-10H,1H3;2-4H,1H3;;/q;;;-1;+3/p-2/t;7-,9+;;;/m.0.../s1. The number of rotatable bonds is 5. The Morgan fingerprint density at radius 3 is 1.52 bits per heavy atom. The van der Waals surface area contributed by atoms with Gasteiger partial charge in [-0.2, -0.15) is 0 Å². The molecule has 1 aromatic heterocycles. The Morgan fingerprint density at radius 2 is 1.19 bits per heavy atom. The van der Waals surface area contributed by atoms with Gasteiger partial charge in [0.25, 0.3) is 0 Å². The molecule has 1 saturated heterocycles. The number of imidazole rings is 1. The van der Waals surface area contributed by atoms with Crippen molar-refractivity contribution in [2.24, 2.45) is 17.0 Å². The van der Waals surface area contributed by atoms with Crippen LogP contribution in [0, 0.1) is 0 Å². The molecule has 4 aromatic rings. The first-order chi connectivity index (χ1) is 22.0. The van der Waals surface area contributed by atoms with E-state index < -0.39 is 7.81 Å². The van der Waals surface area contributed by atoms with Gasteiger partial charge in [-0.15, -0.1) is 11.5 Å². The van der Waals surface area contributed by atoms with E-state index in [0.717, 1.165) is 25.7 Å². The van der Waals surface area contributed by atoms with Gasteiger partial charge in [-0.25, -0.2) is 4.98 Å². The molecule has 15 heteroatoms. The zero-order chi connectivity index (χ0) is 34.6. The molecule has 0 bridgehead atoms. The van der Waals surface area contributed by atoms with Crippen LogP contribution in [-0.4, -0.2) is 40.1 Å². The molecule has 2 heterocycles. The van der Waals surface area contributed by atoms with Crippen LogP contribution in [0.15, 0.2) is 108 Å². The molecule has 1 radical (unpaired) electrons. The monoisotopic (exact) mass is 782 g/mol. The summed E-state index contributed by atoms with van der Waals surface area (Å²) in [7, 11) is -8.72. The number of nitrogens with zero attached hydrogens (tertiary/aromatic N) is 4. The third-order valence-electron chi connectivity index (χ3n) is 6.97. The molecule has 0 spiro atoms. The average molecular weight is 782 g/mol. The zero-order valence-electron chi connectivity index (χ0n) is 26.2. The van der Waals surface area contributed by atoms with Gasteiger partial charge in [0.05, 0.1) is 18.4 Å². The number of benzene rings is 3. The molecular weight excluding hydrogens is 744 g/mol. The molecule has 6 rings (SSSR count). The summed E-state index contributed by atoms with van der Waals surface area (Å²) in [4.78, 5) is 13.0. The number of para-hydroxylation sites is 2. The third-order valence-corrected chi connectivity index (χ3v) is 6.97. The van der Waals surface area contributed by atoms with Gasteiger partial charge in [-0.05, 0) is 36.5 Å². The molecule has 2 fully saturated rings. The van der Waals surface area contributed by atoms with Gasteiger partial charge in [0.1, 0.15) is 0 Å². The first-order valence-corrected chi connectivity index (χ1v) is 16.9. The van der Waals surface area contributed by atoms with E-state index in [1.165, 1.54) is 5.56 Å². The number of halogens is 6. The molecule has 2 aliphatic rings. The van der Waals surface area contributed by atoms with Crippen molar-refractivity contribution in [2.45, 2.75) is 56.8 Å². The Bertz CT molecular complexity index is 1520. The van der Waals surface area contributed by atoms with Crippen molar-refractivity contribution in [3.63, 3.8) is 0 Å². The first-order valence-electron chi connectivity index (χ1n) is 14.8. The van der Waals surface area contributed by atoms with Crippen LogP contribution in [0.25, 0.3) is 0 Å². The molecule has 1 aliphatic carbocycles. The van der Waals surface area contributed by atoms with Crippen molar-refractivity contribution in [3.8, 4) is 11.5 Å². The summed E-state index contributed by atoms with van der Waals surface area (Å²) in [5, 5.41) is 26.9. The molecule has 1 saturated carbocycles. The summed E-state index contributed by atoms with van der Waals surface area (Å²) in [5.74, 6) is -0.0326. The number of nitrogens with one attached hydrogen (secondary N) is 1. The van der Waals surface area contributed by atoms with Crippen molar-refractivity contribution in [1.29, 1.82) is 0 Å². The van der Waals surface area contributed by atoms with E-state index >= 15 is 0 Å². The molecule has 7 nitrogen and oxygen atoms in total. The summed E-state index contributed by atoms with van der Waals surface area (Å²) in [6.07, 6.45) is 12.9. The summed E-state index contributed by atoms with van der Waals surface area (Å²) >= 11 is 0. The van der Waals surface area contributed by atoms with Crippen molar-refractivity contribution >= 4 is 20.2 Å². The summed E-state index contributed by atoms with van der Waals surface area (Å²) in [6.45, 7) is 2.21. The average Bonchev–Trinajstić information content (AvgIpc) is 3.55. The Balaban J connectivity index is 0.000000271. The van der Waals surface area contributed by atoms with E-state index in [9.17, 15) is 35.4 Å². The first kappa shape index (κ1) is 40.6. The number of aromatic nitrogens is 2.